The number of hydrogen-bond acceptors (Lipinski definition) is 3. The zero-order valence-corrected chi connectivity index (χ0v) is 14.0. The highest BCUT2D eigenvalue weighted by atomic mass is 79.9. The van der Waals surface area contributed by atoms with Crippen molar-refractivity contribution >= 4 is 33.4 Å². The molecule has 1 amide bonds. The van der Waals surface area contributed by atoms with Crippen LogP contribution in [-0.4, -0.2) is 51.3 Å². The Morgan fingerprint density at radius 2 is 1.95 bits per heavy atom. The molecule has 1 aromatic rings. The fourth-order valence-corrected chi connectivity index (χ4v) is 2.22. The number of halogens is 2. The van der Waals surface area contributed by atoms with E-state index in [1.165, 1.54) is 0 Å². The maximum absolute atomic E-state index is 12.5. The summed E-state index contributed by atoms with van der Waals surface area (Å²) in [5, 5.41) is 0.587. The molecule has 0 radical (unpaired) electrons. The maximum atomic E-state index is 12.5. The summed E-state index contributed by atoms with van der Waals surface area (Å²) in [5.41, 5.74) is 0.606. The van der Waals surface area contributed by atoms with E-state index in [9.17, 15) is 4.79 Å². The van der Waals surface area contributed by atoms with Crippen LogP contribution in [0.1, 0.15) is 16.8 Å². The van der Waals surface area contributed by atoms with Gasteiger partial charge in [0, 0.05) is 44.0 Å². The van der Waals surface area contributed by atoms with Gasteiger partial charge in [0.25, 0.3) is 5.91 Å². The third kappa shape index (κ3) is 5.40. The van der Waals surface area contributed by atoms with Gasteiger partial charge in [-0.05, 0) is 40.5 Å². The quantitative estimate of drug-likeness (QED) is 0.665. The number of carbonyl (C=O) groups is 1. The van der Waals surface area contributed by atoms with Crippen LogP contribution in [0.5, 0.6) is 0 Å². The molecule has 0 aliphatic heterocycles. The van der Waals surface area contributed by atoms with E-state index in [-0.39, 0.29) is 5.91 Å². The minimum atomic E-state index is -0.0319. The van der Waals surface area contributed by atoms with Gasteiger partial charge in [-0.2, -0.15) is 0 Å². The van der Waals surface area contributed by atoms with Crippen LogP contribution in [-0.2, 0) is 9.47 Å². The molecule has 0 saturated heterocycles. The fourth-order valence-electron chi connectivity index (χ4n) is 1.73. The predicted molar refractivity (Wildman–Crippen MR) is 83.4 cm³/mol. The van der Waals surface area contributed by atoms with E-state index in [1.807, 2.05) is 0 Å². The molecule has 0 unspecified atom stereocenters. The molecule has 4 nitrogen and oxygen atoms in total. The van der Waals surface area contributed by atoms with Gasteiger partial charge in [-0.25, -0.2) is 0 Å². The maximum Gasteiger partial charge on any atom is 0.253 e. The summed E-state index contributed by atoms with van der Waals surface area (Å²) in [6, 6.07) is 5.18. The van der Waals surface area contributed by atoms with Gasteiger partial charge in [-0.3, -0.25) is 4.79 Å². The summed E-state index contributed by atoms with van der Waals surface area (Å²) in [5.74, 6) is -0.0319. The lowest BCUT2D eigenvalue weighted by Gasteiger charge is -2.22. The Morgan fingerprint density at radius 3 is 2.55 bits per heavy atom. The molecule has 0 bridgehead atoms. The first-order valence-corrected chi connectivity index (χ1v) is 7.49. The molecule has 0 aromatic heterocycles. The molecule has 20 heavy (non-hydrogen) atoms. The van der Waals surface area contributed by atoms with E-state index >= 15 is 0 Å². The summed E-state index contributed by atoms with van der Waals surface area (Å²) in [6.45, 7) is 2.32. The Labute approximate surface area is 133 Å². The molecule has 0 N–H and O–H groups in total. The van der Waals surface area contributed by atoms with E-state index in [0.29, 0.717) is 41.4 Å². The highest BCUT2D eigenvalue weighted by Crippen LogP contribution is 2.23. The van der Waals surface area contributed by atoms with Crippen LogP contribution in [0.4, 0.5) is 0 Å². The monoisotopic (exact) mass is 363 g/mol. The van der Waals surface area contributed by atoms with Crippen molar-refractivity contribution in [3.63, 3.8) is 0 Å². The van der Waals surface area contributed by atoms with Crippen molar-refractivity contribution in [1.82, 2.24) is 4.90 Å². The molecule has 0 heterocycles. The number of hydrogen-bond donors (Lipinski definition) is 0. The van der Waals surface area contributed by atoms with E-state index < -0.39 is 0 Å². The topological polar surface area (TPSA) is 38.8 Å². The van der Waals surface area contributed by atoms with E-state index in [2.05, 4.69) is 15.9 Å². The Balaban J connectivity index is 2.76. The molecule has 1 rings (SSSR count). The van der Waals surface area contributed by atoms with Gasteiger partial charge in [-0.15, -0.1) is 0 Å². The SMILES string of the molecule is COCCCN(CCOC)C(=O)c1ccc(Cl)c(Br)c1. The van der Waals surface area contributed by atoms with Crippen LogP contribution < -0.4 is 0 Å². The van der Waals surface area contributed by atoms with Gasteiger partial charge >= 0.3 is 0 Å². The number of benzene rings is 1. The number of methoxy groups -OCH3 is 2. The lowest BCUT2D eigenvalue weighted by atomic mass is 10.2. The van der Waals surface area contributed by atoms with Crippen molar-refractivity contribution < 1.29 is 14.3 Å². The van der Waals surface area contributed by atoms with Crippen LogP contribution in [0.3, 0.4) is 0 Å². The summed E-state index contributed by atoms with van der Waals surface area (Å²) in [4.78, 5) is 14.2. The molecule has 0 spiro atoms. The Kier molecular flexibility index (Phi) is 8.14. The third-order valence-corrected chi connectivity index (χ3v) is 4.01. The van der Waals surface area contributed by atoms with Crippen LogP contribution in [0.2, 0.25) is 5.02 Å². The lowest BCUT2D eigenvalue weighted by molar-refractivity contribution is 0.0674. The molecule has 0 saturated carbocycles. The minimum absolute atomic E-state index is 0.0319. The number of nitrogens with zero attached hydrogens (tertiary/aromatic N) is 1. The Bertz CT molecular complexity index is 442. The number of amides is 1. The standard InChI is InChI=1S/C14H19BrClNO3/c1-19-8-3-6-17(7-9-20-2)14(18)11-4-5-13(16)12(15)10-11/h4-5,10H,3,6-9H2,1-2H3. The number of carbonyl (C=O) groups excluding carboxylic acids is 1. The van der Waals surface area contributed by atoms with E-state index in [0.717, 1.165) is 6.42 Å². The van der Waals surface area contributed by atoms with Crippen LogP contribution in [0.15, 0.2) is 22.7 Å². The molecule has 0 fully saturated rings. The van der Waals surface area contributed by atoms with Crippen molar-refractivity contribution in [2.75, 3.05) is 40.5 Å². The Morgan fingerprint density at radius 1 is 1.25 bits per heavy atom. The van der Waals surface area contributed by atoms with Crippen LogP contribution >= 0.6 is 27.5 Å². The summed E-state index contributed by atoms with van der Waals surface area (Å²) >= 11 is 9.28. The molecular formula is C14H19BrClNO3. The summed E-state index contributed by atoms with van der Waals surface area (Å²) in [7, 11) is 3.27. The summed E-state index contributed by atoms with van der Waals surface area (Å²) < 4.78 is 10.8. The second-order valence-corrected chi connectivity index (χ2v) is 5.52. The number of ether oxygens (including phenoxy) is 2. The van der Waals surface area contributed by atoms with Crippen molar-refractivity contribution in [3.05, 3.63) is 33.3 Å². The molecule has 0 aliphatic rings. The molecule has 0 aliphatic carbocycles. The molecular weight excluding hydrogens is 346 g/mol. The average molecular weight is 365 g/mol. The van der Waals surface area contributed by atoms with Gasteiger partial charge in [-0.1, -0.05) is 11.6 Å². The van der Waals surface area contributed by atoms with Gasteiger partial charge < -0.3 is 14.4 Å². The third-order valence-electron chi connectivity index (χ3n) is 2.80. The second-order valence-electron chi connectivity index (χ2n) is 4.26. The van der Waals surface area contributed by atoms with Gasteiger partial charge in [0.1, 0.15) is 0 Å². The van der Waals surface area contributed by atoms with Crippen molar-refractivity contribution in [1.29, 1.82) is 0 Å². The van der Waals surface area contributed by atoms with E-state index in [1.54, 1.807) is 37.3 Å². The average Bonchev–Trinajstić information content (AvgIpc) is 2.45. The van der Waals surface area contributed by atoms with Crippen molar-refractivity contribution in [2.24, 2.45) is 0 Å². The lowest BCUT2D eigenvalue weighted by Crippen LogP contribution is -2.35. The van der Waals surface area contributed by atoms with E-state index in [4.69, 9.17) is 21.1 Å². The molecule has 6 heteroatoms. The largest absolute Gasteiger partial charge is 0.385 e. The molecule has 0 atom stereocenters. The zero-order chi connectivity index (χ0) is 15.0. The van der Waals surface area contributed by atoms with Crippen LogP contribution in [0.25, 0.3) is 0 Å². The second kappa shape index (κ2) is 9.34. The van der Waals surface area contributed by atoms with Crippen molar-refractivity contribution in [3.8, 4) is 0 Å². The highest BCUT2D eigenvalue weighted by Gasteiger charge is 2.16. The van der Waals surface area contributed by atoms with Gasteiger partial charge in [0.05, 0.1) is 11.6 Å². The normalized spacial score (nSPS) is 10.6. The first-order valence-electron chi connectivity index (χ1n) is 6.32. The number of rotatable bonds is 8. The Hall–Kier alpha value is -0.620. The zero-order valence-electron chi connectivity index (χ0n) is 11.7. The minimum Gasteiger partial charge on any atom is -0.385 e. The van der Waals surface area contributed by atoms with Crippen molar-refractivity contribution in [2.45, 2.75) is 6.42 Å². The molecule has 1 aromatic carbocycles. The predicted octanol–water partition coefficient (Wildman–Crippen LogP) is 3.23. The first kappa shape index (κ1) is 17.4. The van der Waals surface area contributed by atoms with Gasteiger partial charge in [0.15, 0.2) is 0 Å². The summed E-state index contributed by atoms with van der Waals surface area (Å²) in [6.07, 6.45) is 0.792. The molecule has 112 valence electrons. The fraction of sp³-hybridized carbons (Fsp3) is 0.500. The highest BCUT2D eigenvalue weighted by molar-refractivity contribution is 9.10. The van der Waals surface area contributed by atoms with Crippen LogP contribution in [0, 0.1) is 0 Å². The smallest absolute Gasteiger partial charge is 0.253 e. The first-order chi connectivity index (χ1) is 9.60. The van der Waals surface area contributed by atoms with Gasteiger partial charge in [0.2, 0.25) is 0 Å².